The fourth-order valence-corrected chi connectivity index (χ4v) is 2.84. The fourth-order valence-electron chi connectivity index (χ4n) is 2.84. The lowest BCUT2D eigenvalue weighted by molar-refractivity contribution is -0.158. The molecule has 2 aliphatic rings. The quantitative estimate of drug-likeness (QED) is 0.586. The van der Waals surface area contributed by atoms with Crippen LogP contribution >= 0.6 is 0 Å². The van der Waals surface area contributed by atoms with Crippen LogP contribution in [-0.2, 0) is 27.2 Å². The van der Waals surface area contributed by atoms with E-state index in [2.05, 4.69) is 0 Å². The summed E-state index contributed by atoms with van der Waals surface area (Å²) in [5, 5.41) is 0. The second-order valence-electron chi connectivity index (χ2n) is 6.01. The molecule has 0 bridgehead atoms. The van der Waals surface area contributed by atoms with Gasteiger partial charge in [-0.05, 0) is 31.9 Å². The molecule has 0 amide bonds. The molecule has 0 saturated heterocycles. The third-order valence-corrected chi connectivity index (χ3v) is 3.96. The monoisotopic (exact) mass is 290 g/mol. The predicted octanol–water partition coefficient (Wildman–Crippen LogP) is 2.18. The van der Waals surface area contributed by atoms with Crippen molar-refractivity contribution < 1.29 is 23.8 Å². The summed E-state index contributed by atoms with van der Waals surface area (Å²) in [5.74, 6) is 0.694. The first-order valence-corrected chi connectivity index (χ1v) is 7.08. The molecule has 21 heavy (non-hydrogen) atoms. The zero-order valence-electron chi connectivity index (χ0n) is 12.4. The van der Waals surface area contributed by atoms with E-state index in [1.165, 1.54) is 6.92 Å². The smallest absolute Gasteiger partial charge is 0.311 e. The number of carbonyl (C=O) groups excluding carboxylic acids is 2. The number of benzene rings is 1. The molecule has 3 rings (SSSR count). The third kappa shape index (κ3) is 2.48. The Morgan fingerprint density at radius 3 is 2.81 bits per heavy atom. The molecule has 0 spiro atoms. The van der Waals surface area contributed by atoms with Crippen molar-refractivity contribution in [1.82, 2.24) is 0 Å². The highest BCUT2D eigenvalue weighted by atomic mass is 16.6. The number of aryl methyl sites for hydroxylation is 1. The van der Waals surface area contributed by atoms with Gasteiger partial charge < -0.3 is 14.2 Å². The Hall–Kier alpha value is -2.04. The highest BCUT2D eigenvalue weighted by Crippen LogP contribution is 2.43. The van der Waals surface area contributed by atoms with E-state index in [4.69, 9.17) is 14.2 Å². The van der Waals surface area contributed by atoms with Crippen LogP contribution < -0.4 is 9.47 Å². The van der Waals surface area contributed by atoms with Crippen LogP contribution in [0.1, 0.15) is 38.3 Å². The van der Waals surface area contributed by atoms with Crippen molar-refractivity contribution in [2.24, 2.45) is 0 Å². The molecular formula is C16H18O5. The summed E-state index contributed by atoms with van der Waals surface area (Å²) in [6, 6.07) is 3.84. The van der Waals surface area contributed by atoms with Gasteiger partial charge in [0.15, 0.2) is 0 Å². The van der Waals surface area contributed by atoms with Gasteiger partial charge >= 0.3 is 11.9 Å². The molecule has 1 aromatic carbocycles. The van der Waals surface area contributed by atoms with E-state index >= 15 is 0 Å². The fraction of sp³-hybridized carbons (Fsp3) is 0.500. The topological polar surface area (TPSA) is 61.8 Å². The molecule has 0 unspecified atom stereocenters. The zero-order chi connectivity index (χ0) is 15.2. The first-order chi connectivity index (χ1) is 9.87. The second-order valence-corrected chi connectivity index (χ2v) is 6.01. The number of hydrogen-bond donors (Lipinski definition) is 0. The van der Waals surface area contributed by atoms with Crippen LogP contribution in [0.15, 0.2) is 12.1 Å². The first-order valence-electron chi connectivity index (χ1n) is 7.08. The molecule has 112 valence electrons. The van der Waals surface area contributed by atoms with E-state index in [1.807, 2.05) is 26.0 Å². The maximum Gasteiger partial charge on any atom is 0.311 e. The number of carbonyl (C=O) groups is 2. The van der Waals surface area contributed by atoms with Gasteiger partial charge in [-0.1, -0.05) is 6.07 Å². The Morgan fingerprint density at radius 2 is 2.10 bits per heavy atom. The van der Waals surface area contributed by atoms with Gasteiger partial charge in [0.25, 0.3) is 0 Å². The van der Waals surface area contributed by atoms with Crippen molar-refractivity contribution in [2.45, 2.75) is 51.7 Å². The molecule has 5 heteroatoms. The highest BCUT2D eigenvalue weighted by Gasteiger charge is 2.41. The van der Waals surface area contributed by atoms with Gasteiger partial charge in [0.2, 0.25) is 0 Å². The Balaban J connectivity index is 2.02. The number of rotatable bonds is 1. The highest BCUT2D eigenvalue weighted by molar-refractivity contribution is 5.77. The van der Waals surface area contributed by atoms with Crippen LogP contribution in [0.25, 0.3) is 0 Å². The van der Waals surface area contributed by atoms with Crippen LogP contribution in [0.5, 0.6) is 11.5 Å². The molecule has 0 fully saturated rings. The van der Waals surface area contributed by atoms with Crippen molar-refractivity contribution in [3.05, 3.63) is 23.3 Å². The summed E-state index contributed by atoms with van der Waals surface area (Å²) in [4.78, 5) is 22.8. The summed E-state index contributed by atoms with van der Waals surface area (Å²) in [6.07, 6.45) is 1.14. The van der Waals surface area contributed by atoms with Crippen LogP contribution in [-0.4, -0.2) is 23.6 Å². The van der Waals surface area contributed by atoms with Crippen molar-refractivity contribution in [3.8, 4) is 11.5 Å². The minimum atomic E-state index is -0.619. The van der Waals surface area contributed by atoms with Gasteiger partial charge in [-0.15, -0.1) is 0 Å². The molecule has 1 aromatic rings. The van der Waals surface area contributed by atoms with Gasteiger partial charge in [-0.2, -0.15) is 0 Å². The van der Waals surface area contributed by atoms with Gasteiger partial charge in [0, 0.05) is 18.9 Å². The summed E-state index contributed by atoms with van der Waals surface area (Å²) in [6.45, 7) is 5.15. The van der Waals surface area contributed by atoms with Crippen LogP contribution in [0.2, 0.25) is 0 Å². The van der Waals surface area contributed by atoms with Crippen molar-refractivity contribution in [3.63, 3.8) is 0 Å². The number of esters is 2. The normalized spacial score (nSPS) is 22.4. The Morgan fingerprint density at radius 1 is 1.33 bits per heavy atom. The number of fused-ring (bicyclic) bond motifs is 3. The van der Waals surface area contributed by atoms with Gasteiger partial charge in [0.1, 0.15) is 23.2 Å². The molecule has 0 aromatic heterocycles. The molecule has 5 nitrogen and oxygen atoms in total. The third-order valence-electron chi connectivity index (χ3n) is 3.96. The summed E-state index contributed by atoms with van der Waals surface area (Å²) in [5.41, 5.74) is 1.19. The average Bonchev–Trinajstić information content (AvgIpc) is 2.38. The van der Waals surface area contributed by atoms with Crippen LogP contribution in [0.4, 0.5) is 0 Å². The SMILES string of the molecule is CC(=O)O[C@@H]1Cc2c(ccc3c2OC(=O)CC3)OC1(C)C. The lowest BCUT2D eigenvalue weighted by atomic mass is 9.88. The minimum absolute atomic E-state index is 0.232. The molecule has 0 N–H and O–H groups in total. The largest absolute Gasteiger partial charge is 0.484 e. The number of hydrogen-bond acceptors (Lipinski definition) is 5. The van der Waals surface area contributed by atoms with E-state index in [1.54, 1.807) is 0 Å². The van der Waals surface area contributed by atoms with Crippen molar-refractivity contribution >= 4 is 11.9 Å². The molecular weight excluding hydrogens is 272 g/mol. The van der Waals surface area contributed by atoms with E-state index in [9.17, 15) is 9.59 Å². The van der Waals surface area contributed by atoms with Gasteiger partial charge in [-0.3, -0.25) is 9.59 Å². The Bertz CT molecular complexity index is 617. The number of ether oxygens (including phenoxy) is 3. The van der Waals surface area contributed by atoms with E-state index in [0.717, 1.165) is 11.1 Å². The summed E-state index contributed by atoms with van der Waals surface area (Å²) in [7, 11) is 0. The molecule has 2 aliphatic heterocycles. The van der Waals surface area contributed by atoms with Crippen molar-refractivity contribution in [2.75, 3.05) is 0 Å². The molecule has 2 heterocycles. The predicted molar refractivity (Wildman–Crippen MR) is 74.4 cm³/mol. The lowest BCUT2D eigenvalue weighted by Crippen LogP contribution is -2.48. The van der Waals surface area contributed by atoms with Crippen molar-refractivity contribution in [1.29, 1.82) is 0 Å². The molecule has 0 saturated carbocycles. The molecule has 0 aliphatic carbocycles. The van der Waals surface area contributed by atoms with E-state index < -0.39 is 11.7 Å². The van der Waals surface area contributed by atoms with E-state index in [-0.39, 0.29) is 11.9 Å². The van der Waals surface area contributed by atoms with Crippen LogP contribution in [0, 0.1) is 0 Å². The summed E-state index contributed by atoms with van der Waals surface area (Å²) < 4.78 is 16.7. The minimum Gasteiger partial charge on any atom is -0.484 e. The second kappa shape index (κ2) is 4.76. The van der Waals surface area contributed by atoms with Gasteiger partial charge in [0.05, 0.1) is 6.42 Å². The Labute approximate surface area is 123 Å². The van der Waals surface area contributed by atoms with Gasteiger partial charge in [-0.25, -0.2) is 0 Å². The molecule has 1 atom stereocenters. The lowest BCUT2D eigenvalue weighted by Gasteiger charge is -2.40. The maximum absolute atomic E-state index is 11.5. The van der Waals surface area contributed by atoms with Crippen LogP contribution in [0.3, 0.4) is 0 Å². The Kier molecular flexibility index (Phi) is 3.15. The first kappa shape index (κ1) is 13.9. The van der Waals surface area contributed by atoms with E-state index in [0.29, 0.717) is 30.8 Å². The standard InChI is InChI=1S/C16H18O5/c1-9(17)19-13-8-11-12(21-16(13,2)3)6-4-10-5-7-14(18)20-15(10)11/h4,6,13H,5,7-8H2,1-3H3/t13-/m1/s1. The summed E-state index contributed by atoms with van der Waals surface area (Å²) >= 11 is 0. The average molecular weight is 290 g/mol. The maximum atomic E-state index is 11.5. The zero-order valence-corrected chi connectivity index (χ0v) is 12.4. The molecule has 0 radical (unpaired) electrons.